The number of nitro benzene ring substituents is 1. The fourth-order valence-corrected chi connectivity index (χ4v) is 3.87. The van der Waals surface area contributed by atoms with Crippen molar-refractivity contribution in [3.8, 4) is 5.75 Å². The van der Waals surface area contributed by atoms with E-state index in [1.165, 1.54) is 52.9 Å². The van der Waals surface area contributed by atoms with Crippen LogP contribution in [-0.2, 0) is 14.8 Å². The van der Waals surface area contributed by atoms with E-state index in [1.807, 2.05) is 0 Å². The van der Waals surface area contributed by atoms with Crippen molar-refractivity contribution in [3.63, 3.8) is 0 Å². The first-order chi connectivity index (χ1) is 13.3. The molecule has 0 unspecified atom stereocenters. The van der Waals surface area contributed by atoms with Gasteiger partial charge in [-0.3, -0.25) is 10.1 Å². The molecule has 0 bridgehead atoms. The van der Waals surface area contributed by atoms with Crippen LogP contribution >= 0.6 is 0 Å². The zero-order chi connectivity index (χ0) is 20.7. The highest BCUT2D eigenvalue weighted by atomic mass is 32.2. The van der Waals surface area contributed by atoms with Crippen molar-refractivity contribution in [2.24, 2.45) is 0 Å². The molecule has 0 aliphatic rings. The average molecular weight is 404 g/mol. The molecule has 2 rings (SSSR count). The summed E-state index contributed by atoms with van der Waals surface area (Å²) in [5, 5.41) is 10.6. The molecule has 0 atom stereocenters. The Morgan fingerprint density at radius 1 is 1.07 bits per heavy atom. The van der Waals surface area contributed by atoms with Gasteiger partial charge < -0.3 is 4.74 Å². The Morgan fingerprint density at radius 3 is 2.14 bits per heavy atom. The summed E-state index contributed by atoms with van der Waals surface area (Å²) < 4.78 is 31.3. The van der Waals surface area contributed by atoms with E-state index in [0.29, 0.717) is 18.7 Å². The van der Waals surface area contributed by atoms with Gasteiger partial charge in [-0.15, -0.1) is 0 Å². The average Bonchev–Trinajstić information content (AvgIpc) is 2.68. The summed E-state index contributed by atoms with van der Waals surface area (Å²) in [5.41, 5.74) is 0.522. The van der Waals surface area contributed by atoms with Gasteiger partial charge in [0.15, 0.2) is 0 Å². The lowest BCUT2D eigenvalue weighted by molar-refractivity contribution is -0.384. The number of carbonyl (C=O) groups excluding carboxylic acids is 1. The first-order valence-electron chi connectivity index (χ1n) is 8.52. The number of hydrogen-bond acceptors (Lipinski definition) is 6. The van der Waals surface area contributed by atoms with Crippen molar-refractivity contribution in [3.05, 3.63) is 70.3 Å². The van der Waals surface area contributed by atoms with E-state index < -0.39 is 20.9 Å². The van der Waals surface area contributed by atoms with E-state index >= 15 is 0 Å². The summed E-state index contributed by atoms with van der Waals surface area (Å²) in [5.74, 6) is -0.477. The molecule has 0 heterocycles. The maximum Gasteiger partial charge on any atom is 0.336 e. The second-order valence-electron chi connectivity index (χ2n) is 5.66. The number of carbonyl (C=O) groups is 1. The van der Waals surface area contributed by atoms with Crippen LogP contribution in [0.4, 0.5) is 5.69 Å². The fraction of sp³-hybridized carbons (Fsp3) is 0.211. The highest BCUT2D eigenvalue weighted by molar-refractivity contribution is 7.89. The molecule has 0 radical (unpaired) electrons. The quantitative estimate of drug-likeness (QED) is 0.220. The predicted octanol–water partition coefficient (Wildman–Crippen LogP) is 3.24. The van der Waals surface area contributed by atoms with Crippen LogP contribution in [-0.4, -0.2) is 36.7 Å². The Bertz CT molecular complexity index is 962. The fourth-order valence-electron chi connectivity index (χ4n) is 2.41. The highest BCUT2D eigenvalue weighted by Gasteiger charge is 2.20. The molecule has 0 aromatic heterocycles. The van der Waals surface area contributed by atoms with Crippen molar-refractivity contribution in [2.75, 3.05) is 13.1 Å². The lowest BCUT2D eigenvalue weighted by Gasteiger charge is -2.18. The second-order valence-corrected chi connectivity index (χ2v) is 7.60. The van der Waals surface area contributed by atoms with Gasteiger partial charge in [0.1, 0.15) is 5.75 Å². The minimum Gasteiger partial charge on any atom is -0.423 e. The van der Waals surface area contributed by atoms with Gasteiger partial charge in [-0.25, -0.2) is 13.2 Å². The Kier molecular flexibility index (Phi) is 7.02. The van der Waals surface area contributed by atoms with Gasteiger partial charge in [0.25, 0.3) is 5.69 Å². The lowest BCUT2D eigenvalue weighted by atomic mass is 10.2. The Hall–Kier alpha value is -3.04. The summed E-state index contributed by atoms with van der Waals surface area (Å²) in [6.45, 7) is 4.31. The zero-order valence-corrected chi connectivity index (χ0v) is 16.3. The normalized spacial score (nSPS) is 11.7. The molecule has 2 aromatic carbocycles. The minimum absolute atomic E-state index is 0.102. The third-order valence-corrected chi connectivity index (χ3v) is 5.97. The first-order valence-corrected chi connectivity index (χ1v) is 9.96. The van der Waals surface area contributed by atoms with Crippen LogP contribution in [0.1, 0.15) is 19.4 Å². The van der Waals surface area contributed by atoms with Crippen LogP contribution in [0.5, 0.6) is 5.75 Å². The molecule has 0 fully saturated rings. The molecule has 148 valence electrons. The van der Waals surface area contributed by atoms with Gasteiger partial charge >= 0.3 is 5.97 Å². The first kappa shape index (κ1) is 21.3. The Labute approximate surface area is 163 Å². The van der Waals surface area contributed by atoms with Crippen LogP contribution < -0.4 is 4.74 Å². The zero-order valence-electron chi connectivity index (χ0n) is 15.4. The van der Waals surface area contributed by atoms with Crippen LogP contribution in [0.25, 0.3) is 6.08 Å². The van der Waals surface area contributed by atoms with Crippen molar-refractivity contribution < 1.29 is 22.9 Å². The largest absolute Gasteiger partial charge is 0.423 e. The number of non-ortho nitro benzene ring substituents is 1. The number of benzene rings is 2. The van der Waals surface area contributed by atoms with Gasteiger partial charge in [0, 0.05) is 31.3 Å². The predicted molar refractivity (Wildman–Crippen MR) is 104 cm³/mol. The van der Waals surface area contributed by atoms with Crippen LogP contribution in [0.15, 0.2) is 59.5 Å². The smallest absolute Gasteiger partial charge is 0.336 e. The Balaban J connectivity index is 2.04. The van der Waals surface area contributed by atoms with E-state index in [2.05, 4.69) is 0 Å². The maximum absolute atomic E-state index is 12.4. The maximum atomic E-state index is 12.4. The van der Waals surface area contributed by atoms with Gasteiger partial charge in [-0.05, 0) is 35.9 Å². The summed E-state index contributed by atoms with van der Waals surface area (Å²) in [6, 6.07) is 11.3. The molecule has 8 nitrogen and oxygen atoms in total. The molecule has 0 saturated carbocycles. The third-order valence-electron chi connectivity index (χ3n) is 3.90. The summed E-state index contributed by atoms with van der Waals surface area (Å²) in [7, 11) is -3.53. The third kappa shape index (κ3) is 5.24. The van der Waals surface area contributed by atoms with Crippen molar-refractivity contribution in [1.29, 1.82) is 0 Å². The topological polar surface area (TPSA) is 107 Å². The van der Waals surface area contributed by atoms with Gasteiger partial charge in [-0.1, -0.05) is 26.0 Å². The van der Waals surface area contributed by atoms with Crippen molar-refractivity contribution in [2.45, 2.75) is 18.7 Å². The van der Waals surface area contributed by atoms with E-state index in [-0.39, 0.29) is 16.3 Å². The van der Waals surface area contributed by atoms with Crippen LogP contribution in [0.2, 0.25) is 0 Å². The summed E-state index contributed by atoms with van der Waals surface area (Å²) in [4.78, 5) is 22.1. The molecular weight excluding hydrogens is 384 g/mol. The molecule has 28 heavy (non-hydrogen) atoms. The van der Waals surface area contributed by atoms with Gasteiger partial charge in [0.05, 0.1) is 9.82 Å². The lowest BCUT2D eigenvalue weighted by Crippen LogP contribution is -2.30. The number of nitro groups is 1. The highest BCUT2D eigenvalue weighted by Crippen LogP contribution is 2.18. The molecule has 0 N–H and O–H groups in total. The minimum atomic E-state index is -3.53. The van der Waals surface area contributed by atoms with E-state index in [1.54, 1.807) is 26.0 Å². The molecular formula is C19H20N2O6S. The monoisotopic (exact) mass is 404 g/mol. The van der Waals surface area contributed by atoms with Crippen LogP contribution in [0, 0.1) is 10.1 Å². The molecule has 0 saturated heterocycles. The number of hydrogen-bond donors (Lipinski definition) is 0. The standard InChI is InChI=1S/C19H20N2O6S/c1-3-20(4-2)28(25,26)18-12-5-15(6-13-18)7-14-19(22)27-17-10-8-16(9-11-17)21(23)24/h5-14H,3-4H2,1-2H3/b14-7+. The molecule has 0 aliphatic heterocycles. The number of nitrogens with zero attached hydrogens (tertiary/aromatic N) is 2. The van der Waals surface area contributed by atoms with E-state index in [0.717, 1.165) is 0 Å². The summed E-state index contributed by atoms with van der Waals surface area (Å²) >= 11 is 0. The summed E-state index contributed by atoms with van der Waals surface area (Å²) in [6.07, 6.45) is 2.68. The van der Waals surface area contributed by atoms with E-state index in [4.69, 9.17) is 4.74 Å². The molecule has 0 amide bonds. The number of ether oxygens (including phenoxy) is 1. The number of rotatable bonds is 8. The molecule has 0 spiro atoms. The SMILES string of the molecule is CCN(CC)S(=O)(=O)c1ccc(/C=C/C(=O)Oc2ccc([N+](=O)[O-])cc2)cc1. The second kappa shape index (κ2) is 9.25. The number of esters is 1. The Morgan fingerprint density at radius 2 is 1.64 bits per heavy atom. The van der Waals surface area contributed by atoms with Gasteiger partial charge in [-0.2, -0.15) is 4.31 Å². The van der Waals surface area contributed by atoms with Gasteiger partial charge in [0.2, 0.25) is 10.0 Å². The molecule has 2 aromatic rings. The molecule has 0 aliphatic carbocycles. The van der Waals surface area contributed by atoms with Crippen molar-refractivity contribution in [1.82, 2.24) is 4.31 Å². The van der Waals surface area contributed by atoms with E-state index in [9.17, 15) is 23.3 Å². The molecule has 9 heteroatoms. The number of sulfonamides is 1. The van der Waals surface area contributed by atoms with Crippen molar-refractivity contribution >= 4 is 27.8 Å². The van der Waals surface area contributed by atoms with Crippen LogP contribution in [0.3, 0.4) is 0 Å².